The molecule has 0 atom stereocenters. The molecule has 1 aromatic heterocycles. The fourth-order valence-electron chi connectivity index (χ4n) is 1.11. The second-order valence-corrected chi connectivity index (χ2v) is 5.19. The summed E-state index contributed by atoms with van der Waals surface area (Å²) >= 11 is 0. The van der Waals surface area contributed by atoms with Crippen LogP contribution in [0.15, 0.2) is 18.5 Å². The summed E-state index contributed by atoms with van der Waals surface area (Å²) in [5.41, 5.74) is 0.722. The summed E-state index contributed by atoms with van der Waals surface area (Å²) in [6.07, 6.45) is 3.79. The summed E-state index contributed by atoms with van der Waals surface area (Å²) in [6, 6.07) is 1.38. The van der Waals surface area contributed by atoms with Crippen LogP contribution in [-0.2, 0) is 16.6 Å². The SMILES string of the molecule is CS(=O)(=O)NCCNCc1cncc(F)c1. The van der Waals surface area contributed by atoms with E-state index in [1.165, 1.54) is 6.07 Å². The van der Waals surface area contributed by atoms with E-state index < -0.39 is 10.0 Å². The highest BCUT2D eigenvalue weighted by atomic mass is 32.2. The van der Waals surface area contributed by atoms with Gasteiger partial charge in [0.2, 0.25) is 10.0 Å². The Bertz CT molecular complexity index is 436. The van der Waals surface area contributed by atoms with Crippen LogP contribution in [0.1, 0.15) is 5.56 Å². The maximum atomic E-state index is 12.7. The highest BCUT2D eigenvalue weighted by Crippen LogP contribution is 1.99. The molecular formula is C9H14FN3O2S. The van der Waals surface area contributed by atoms with Gasteiger partial charge in [0.1, 0.15) is 5.82 Å². The Labute approximate surface area is 94.1 Å². The van der Waals surface area contributed by atoms with Gasteiger partial charge in [-0.25, -0.2) is 17.5 Å². The summed E-state index contributed by atoms with van der Waals surface area (Å²) in [7, 11) is -3.14. The molecule has 0 fully saturated rings. The summed E-state index contributed by atoms with van der Waals surface area (Å²) in [6.45, 7) is 1.24. The molecule has 5 nitrogen and oxygen atoms in total. The monoisotopic (exact) mass is 247 g/mol. The van der Waals surface area contributed by atoms with Crippen molar-refractivity contribution in [2.45, 2.75) is 6.54 Å². The second-order valence-electron chi connectivity index (χ2n) is 3.35. The highest BCUT2D eigenvalue weighted by Gasteiger charge is 1.99. The minimum absolute atomic E-state index is 0.307. The van der Waals surface area contributed by atoms with Crippen molar-refractivity contribution in [3.63, 3.8) is 0 Å². The Hall–Kier alpha value is -1.05. The first-order chi connectivity index (χ1) is 7.47. The molecule has 90 valence electrons. The third-order valence-electron chi connectivity index (χ3n) is 1.76. The van der Waals surface area contributed by atoms with Gasteiger partial charge in [-0.15, -0.1) is 0 Å². The van der Waals surface area contributed by atoms with Crippen LogP contribution < -0.4 is 10.0 Å². The smallest absolute Gasteiger partial charge is 0.208 e. The van der Waals surface area contributed by atoms with Crippen LogP contribution in [0.2, 0.25) is 0 Å². The van der Waals surface area contributed by atoms with Crippen molar-refractivity contribution in [3.05, 3.63) is 29.8 Å². The Morgan fingerprint density at radius 3 is 2.75 bits per heavy atom. The molecule has 1 rings (SSSR count). The van der Waals surface area contributed by atoms with E-state index in [1.807, 2.05) is 0 Å². The van der Waals surface area contributed by atoms with E-state index in [2.05, 4.69) is 15.0 Å². The molecule has 7 heteroatoms. The molecule has 0 aliphatic heterocycles. The maximum absolute atomic E-state index is 12.7. The van der Waals surface area contributed by atoms with Crippen molar-refractivity contribution >= 4 is 10.0 Å². The highest BCUT2D eigenvalue weighted by molar-refractivity contribution is 7.88. The number of pyridine rings is 1. The maximum Gasteiger partial charge on any atom is 0.208 e. The zero-order valence-electron chi connectivity index (χ0n) is 8.90. The quantitative estimate of drug-likeness (QED) is 0.686. The topological polar surface area (TPSA) is 71.1 Å². The predicted molar refractivity (Wildman–Crippen MR) is 58.7 cm³/mol. The molecule has 1 aromatic rings. The molecule has 0 unspecified atom stereocenters. The molecule has 0 aromatic carbocycles. The number of hydrogen-bond donors (Lipinski definition) is 2. The van der Waals surface area contributed by atoms with Gasteiger partial charge in [-0.1, -0.05) is 0 Å². The van der Waals surface area contributed by atoms with Crippen LogP contribution in [0.3, 0.4) is 0 Å². The van der Waals surface area contributed by atoms with E-state index in [9.17, 15) is 12.8 Å². The number of hydrogen-bond acceptors (Lipinski definition) is 4. The third kappa shape index (κ3) is 5.74. The van der Waals surface area contributed by atoms with Crippen LogP contribution in [-0.4, -0.2) is 32.7 Å². The molecule has 0 saturated carbocycles. The Balaban J connectivity index is 2.21. The number of halogens is 1. The van der Waals surface area contributed by atoms with Gasteiger partial charge in [-0.05, 0) is 11.6 Å². The summed E-state index contributed by atoms with van der Waals surface area (Å²) in [5, 5.41) is 2.97. The van der Waals surface area contributed by atoms with Crippen molar-refractivity contribution in [3.8, 4) is 0 Å². The lowest BCUT2D eigenvalue weighted by molar-refractivity contribution is 0.581. The summed E-state index contributed by atoms with van der Waals surface area (Å²) in [5.74, 6) is -0.381. The average Bonchev–Trinajstić information content (AvgIpc) is 2.15. The van der Waals surface area contributed by atoms with Crippen LogP contribution in [0.4, 0.5) is 4.39 Å². The van der Waals surface area contributed by atoms with Crippen molar-refractivity contribution in [1.82, 2.24) is 15.0 Å². The van der Waals surface area contributed by atoms with E-state index in [0.29, 0.717) is 19.6 Å². The van der Waals surface area contributed by atoms with E-state index in [0.717, 1.165) is 18.0 Å². The molecule has 0 amide bonds. The fourth-order valence-corrected chi connectivity index (χ4v) is 1.58. The van der Waals surface area contributed by atoms with Crippen molar-refractivity contribution in [1.29, 1.82) is 0 Å². The molecule has 2 N–H and O–H groups in total. The molecular weight excluding hydrogens is 233 g/mol. The first kappa shape index (κ1) is 13.0. The van der Waals surface area contributed by atoms with Gasteiger partial charge in [0, 0.05) is 25.8 Å². The molecule has 16 heavy (non-hydrogen) atoms. The van der Waals surface area contributed by atoms with Gasteiger partial charge in [0.15, 0.2) is 0 Å². The molecule has 0 spiro atoms. The first-order valence-electron chi connectivity index (χ1n) is 4.72. The van der Waals surface area contributed by atoms with Crippen LogP contribution in [0.5, 0.6) is 0 Å². The van der Waals surface area contributed by atoms with Gasteiger partial charge in [0.25, 0.3) is 0 Å². The lowest BCUT2D eigenvalue weighted by Gasteiger charge is -2.05. The average molecular weight is 247 g/mol. The molecule has 1 heterocycles. The zero-order valence-corrected chi connectivity index (χ0v) is 9.72. The minimum Gasteiger partial charge on any atom is -0.311 e. The second kappa shape index (κ2) is 5.88. The number of nitrogens with one attached hydrogen (secondary N) is 2. The molecule has 0 bridgehead atoms. The Morgan fingerprint density at radius 1 is 1.38 bits per heavy atom. The predicted octanol–water partition coefficient (Wildman–Crippen LogP) is -0.140. The normalized spacial score (nSPS) is 11.6. The number of sulfonamides is 1. The minimum atomic E-state index is -3.14. The number of nitrogens with zero attached hydrogens (tertiary/aromatic N) is 1. The van der Waals surface area contributed by atoms with E-state index in [1.54, 1.807) is 6.20 Å². The van der Waals surface area contributed by atoms with Crippen LogP contribution in [0.25, 0.3) is 0 Å². The van der Waals surface area contributed by atoms with Crippen molar-refractivity contribution in [2.75, 3.05) is 19.3 Å². The zero-order chi connectivity index (χ0) is 12.0. The standard InChI is InChI=1S/C9H14FN3O2S/c1-16(14,15)13-3-2-11-5-8-4-9(10)7-12-6-8/h4,6-7,11,13H,2-3,5H2,1H3. The van der Waals surface area contributed by atoms with E-state index in [4.69, 9.17) is 0 Å². The third-order valence-corrected chi connectivity index (χ3v) is 2.49. The number of rotatable bonds is 6. The molecule has 0 radical (unpaired) electrons. The summed E-state index contributed by atoms with van der Waals surface area (Å²) in [4.78, 5) is 3.70. The molecule has 0 saturated heterocycles. The Kier molecular flexibility index (Phi) is 4.78. The first-order valence-corrected chi connectivity index (χ1v) is 6.61. The van der Waals surface area contributed by atoms with Gasteiger partial charge < -0.3 is 5.32 Å². The van der Waals surface area contributed by atoms with E-state index in [-0.39, 0.29) is 5.82 Å². The van der Waals surface area contributed by atoms with Crippen LogP contribution >= 0.6 is 0 Å². The van der Waals surface area contributed by atoms with Crippen LogP contribution in [0, 0.1) is 5.82 Å². The van der Waals surface area contributed by atoms with E-state index >= 15 is 0 Å². The van der Waals surface area contributed by atoms with Gasteiger partial charge in [-0.3, -0.25) is 4.98 Å². The molecule has 0 aliphatic rings. The molecule has 0 aliphatic carbocycles. The van der Waals surface area contributed by atoms with Gasteiger partial charge >= 0.3 is 0 Å². The van der Waals surface area contributed by atoms with Gasteiger partial charge in [-0.2, -0.15) is 0 Å². The van der Waals surface area contributed by atoms with Crippen molar-refractivity contribution in [2.24, 2.45) is 0 Å². The largest absolute Gasteiger partial charge is 0.311 e. The Morgan fingerprint density at radius 2 is 2.12 bits per heavy atom. The lowest BCUT2D eigenvalue weighted by atomic mass is 10.3. The van der Waals surface area contributed by atoms with Crippen molar-refractivity contribution < 1.29 is 12.8 Å². The summed E-state index contributed by atoms with van der Waals surface area (Å²) < 4.78 is 36.5. The number of aromatic nitrogens is 1. The fraction of sp³-hybridized carbons (Fsp3) is 0.444. The lowest BCUT2D eigenvalue weighted by Crippen LogP contribution is -2.30. The van der Waals surface area contributed by atoms with Gasteiger partial charge in [0.05, 0.1) is 12.5 Å².